The number of halogens is 1. The second kappa shape index (κ2) is 6.56. The highest BCUT2D eigenvalue weighted by molar-refractivity contribution is 6.31. The monoisotopic (exact) mass is 330 g/mol. The largest absolute Gasteiger partial charge is 0.394 e. The second-order valence-corrected chi connectivity index (χ2v) is 6.27. The highest BCUT2D eigenvalue weighted by atomic mass is 35.5. The number of aliphatic hydroxyl groups excluding tert-OH is 1. The number of aromatic nitrogens is 3. The van der Waals surface area contributed by atoms with Gasteiger partial charge in [-0.05, 0) is 24.1 Å². The third kappa shape index (κ3) is 3.30. The SMILES string of the molecule is CC(C)[C@@H](CO)Nc1cccc(-c2c[nH]c3ncc(Cl)cc23)n1. The molecule has 0 aromatic carbocycles. The van der Waals surface area contributed by atoms with E-state index in [0.29, 0.717) is 10.9 Å². The van der Waals surface area contributed by atoms with Crippen LogP contribution in [0.5, 0.6) is 0 Å². The molecule has 0 unspecified atom stereocenters. The topological polar surface area (TPSA) is 73.8 Å². The molecule has 0 aliphatic heterocycles. The maximum atomic E-state index is 9.46. The number of anilines is 1. The normalized spacial score (nSPS) is 12.7. The maximum absolute atomic E-state index is 9.46. The van der Waals surface area contributed by atoms with Crippen molar-refractivity contribution in [3.8, 4) is 11.3 Å². The Morgan fingerprint density at radius 2 is 2.17 bits per heavy atom. The first-order chi connectivity index (χ1) is 11.1. The molecule has 120 valence electrons. The van der Waals surface area contributed by atoms with E-state index in [1.54, 1.807) is 6.20 Å². The van der Waals surface area contributed by atoms with E-state index in [1.165, 1.54) is 0 Å². The lowest BCUT2D eigenvalue weighted by atomic mass is 10.1. The second-order valence-electron chi connectivity index (χ2n) is 5.84. The van der Waals surface area contributed by atoms with Crippen LogP contribution in [-0.4, -0.2) is 32.7 Å². The average Bonchev–Trinajstić information content (AvgIpc) is 2.95. The fourth-order valence-electron chi connectivity index (χ4n) is 2.47. The summed E-state index contributed by atoms with van der Waals surface area (Å²) in [5.74, 6) is 1.04. The summed E-state index contributed by atoms with van der Waals surface area (Å²) in [6.45, 7) is 4.19. The lowest BCUT2D eigenvalue weighted by Crippen LogP contribution is -2.29. The lowest BCUT2D eigenvalue weighted by Gasteiger charge is -2.20. The van der Waals surface area contributed by atoms with E-state index in [9.17, 15) is 5.11 Å². The van der Waals surface area contributed by atoms with Crippen LogP contribution in [0.3, 0.4) is 0 Å². The van der Waals surface area contributed by atoms with Crippen LogP contribution in [0.2, 0.25) is 5.02 Å². The average molecular weight is 331 g/mol. The van der Waals surface area contributed by atoms with Gasteiger partial charge >= 0.3 is 0 Å². The number of aliphatic hydroxyl groups is 1. The molecule has 3 N–H and O–H groups in total. The van der Waals surface area contributed by atoms with Crippen molar-refractivity contribution < 1.29 is 5.11 Å². The minimum absolute atomic E-state index is 0.0307. The Hall–Kier alpha value is -2.11. The van der Waals surface area contributed by atoms with E-state index < -0.39 is 0 Å². The number of fused-ring (bicyclic) bond motifs is 1. The predicted molar refractivity (Wildman–Crippen MR) is 93.7 cm³/mol. The zero-order chi connectivity index (χ0) is 16.4. The summed E-state index contributed by atoms with van der Waals surface area (Å²) in [6, 6.07) is 7.63. The molecule has 0 saturated carbocycles. The molecule has 0 fully saturated rings. The summed E-state index contributed by atoms with van der Waals surface area (Å²) < 4.78 is 0. The van der Waals surface area contributed by atoms with Gasteiger partial charge in [0, 0.05) is 23.3 Å². The molecule has 1 atom stereocenters. The number of nitrogens with zero attached hydrogens (tertiary/aromatic N) is 2. The van der Waals surface area contributed by atoms with Crippen molar-refractivity contribution in [2.75, 3.05) is 11.9 Å². The van der Waals surface area contributed by atoms with E-state index >= 15 is 0 Å². The zero-order valence-corrected chi connectivity index (χ0v) is 13.8. The molecule has 0 bridgehead atoms. The van der Waals surface area contributed by atoms with Gasteiger partial charge in [0.15, 0.2) is 0 Å². The summed E-state index contributed by atoms with van der Waals surface area (Å²) in [5, 5.41) is 14.3. The number of nitrogens with one attached hydrogen (secondary N) is 2. The number of H-pyrrole nitrogens is 1. The maximum Gasteiger partial charge on any atom is 0.138 e. The molecule has 6 heteroatoms. The first-order valence-corrected chi connectivity index (χ1v) is 7.93. The summed E-state index contributed by atoms with van der Waals surface area (Å²) in [5.41, 5.74) is 2.55. The Morgan fingerprint density at radius 1 is 1.35 bits per heavy atom. The van der Waals surface area contributed by atoms with Gasteiger partial charge in [0.25, 0.3) is 0 Å². The van der Waals surface area contributed by atoms with Gasteiger partial charge in [0.05, 0.1) is 23.4 Å². The number of rotatable bonds is 5. The Labute approximate surface area is 139 Å². The minimum Gasteiger partial charge on any atom is -0.394 e. The van der Waals surface area contributed by atoms with Crippen LogP contribution in [0.1, 0.15) is 13.8 Å². The molecule has 0 aliphatic carbocycles. The van der Waals surface area contributed by atoms with E-state index in [4.69, 9.17) is 11.6 Å². The highest BCUT2D eigenvalue weighted by Gasteiger charge is 2.14. The fourth-order valence-corrected chi connectivity index (χ4v) is 2.63. The number of aromatic amines is 1. The molecule has 3 heterocycles. The molecule has 5 nitrogen and oxygen atoms in total. The zero-order valence-electron chi connectivity index (χ0n) is 13.0. The first-order valence-electron chi connectivity index (χ1n) is 7.56. The van der Waals surface area contributed by atoms with Crippen LogP contribution in [-0.2, 0) is 0 Å². The summed E-state index contributed by atoms with van der Waals surface area (Å²) in [7, 11) is 0. The fraction of sp³-hybridized carbons (Fsp3) is 0.294. The smallest absolute Gasteiger partial charge is 0.138 e. The molecule has 0 aliphatic rings. The van der Waals surface area contributed by atoms with Crippen molar-refractivity contribution in [1.82, 2.24) is 15.0 Å². The van der Waals surface area contributed by atoms with Crippen molar-refractivity contribution in [2.45, 2.75) is 19.9 Å². The highest BCUT2D eigenvalue weighted by Crippen LogP contribution is 2.29. The molecule has 3 rings (SSSR count). The quantitative estimate of drug-likeness (QED) is 0.666. The number of hydrogen-bond donors (Lipinski definition) is 3. The summed E-state index contributed by atoms with van der Waals surface area (Å²) in [6.07, 6.45) is 3.50. The molecule has 3 aromatic rings. The molecule has 0 radical (unpaired) electrons. The minimum atomic E-state index is -0.0307. The first kappa shape index (κ1) is 15.8. The lowest BCUT2D eigenvalue weighted by molar-refractivity contribution is 0.249. The van der Waals surface area contributed by atoms with E-state index in [-0.39, 0.29) is 12.6 Å². The molecule has 23 heavy (non-hydrogen) atoms. The third-order valence-corrected chi connectivity index (χ3v) is 4.06. The van der Waals surface area contributed by atoms with E-state index in [1.807, 2.05) is 30.5 Å². The van der Waals surface area contributed by atoms with Gasteiger partial charge < -0.3 is 15.4 Å². The predicted octanol–water partition coefficient (Wildman–Crippen LogP) is 3.71. The van der Waals surface area contributed by atoms with Crippen molar-refractivity contribution >= 4 is 28.5 Å². The van der Waals surface area contributed by atoms with Gasteiger partial charge in [-0.15, -0.1) is 0 Å². The molecular formula is C17H19ClN4O. The van der Waals surface area contributed by atoms with Gasteiger partial charge in [0.2, 0.25) is 0 Å². The summed E-state index contributed by atoms with van der Waals surface area (Å²) in [4.78, 5) is 12.1. The molecular weight excluding hydrogens is 312 g/mol. The van der Waals surface area contributed by atoms with Crippen molar-refractivity contribution in [1.29, 1.82) is 0 Å². The van der Waals surface area contributed by atoms with Gasteiger partial charge in [-0.25, -0.2) is 9.97 Å². The van der Waals surface area contributed by atoms with Crippen molar-refractivity contribution in [3.05, 3.63) is 41.7 Å². The van der Waals surface area contributed by atoms with Crippen LogP contribution in [0, 0.1) is 5.92 Å². The molecule has 0 saturated heterocycles. The molecule has 3 aromatic heterocycles. The standard InChI is InChI=1S/C17H19ClN4O/c1-10(2)15(9-23)22-16-5-3-4-14(21-16)13-8-20-17-12(13)6-11(18)7-19-17/h3-8,10,15,23H,9H2,1-2H3,(H,19,20)(H,21,22)/t15-/m1/s1. The Bertz CT molecular complexity index is 815. The van der Waals surface area contributed by atoms with Gasteiger partial charge in [0.1, 0.15) is 11.5 Å². The molecule has 0 spiro atoms. The van der Waals surface area contributed by atoms with Gasteiger partial charge in [-0.3, -0.25) is 0 Å². The van der Waals surface area contributed by atoms with Crippen LogP contribution >= 0.6 is 11.6 Å². The van der Waals surface area contributed by atoms with Crippen LogP contribution in [0.25, 0.3) is 22.3 Å². The number of pyridine rings is 2. The summed E-state index contributed by atoms with van der Waals surface area (Å²) >= 11 is 6.05. The third-order valence-electron chi connectivity index (χ3n) is 3.86. The van der Waals surface area contributed by atoms with Gasteiger partial charge in [-0.1, -0.05) is 31.5 Å². The van der Waals surface area contributed by atoms with Crippen LogP contribution in [0.4, 0.5) is 5.82 Å². The number of hydrogen-bond acceptors (Lipinski definition) is 4. The van der Waals surface area contributed by atoms with Crippen molar-refractivity contribution in [3.63, 3.8) is 0 Å². The van der Waals surface area contributed by atoms with Crippen molar-refractivity contribution in [2.24, 2.45) is 5.92 Å². The van der Waals surface area contributed by atoms with Crippen LogP contribution in [0.15, 0.2) is 36.7 Å². The Morgan fingerprint density at radius 3 is 2.91 bits per heavy atom. The Balaban J connectivity index is 1.97. The molecule has 0 amide bonds. The Kier molecular flexibility index (Phi) is 4.50. The van der Waals surface area contributed by atoms with E-state index in [2.05, 4.69) is 34.1 Å². The van der Waals surface area contributed by atoms with Crippen LogP contribution < -0.4 is 5.32 Å². The van der Waals surface area contributed by atoms with Gasteiger partial charge in [-0.2, -0.15) is 0 Å². The van der Waals surface area contributed by atoms with E-state index in [0.717, 1.165) is 28.1 Å².